The predicted molar refractivity (Wildman–Crippen MR) is 133 cm³/mol. The van der Waals surface area contributed by atoms with Gasteiger partial charge in [0.05, 0.1) is 0 Å². The van der Waals surface area contributed by atoms with Crippen molar-refractivity contribution in [2.75, 3.05) is 19.8 Å². The van der Waals surface area contributed by atoms with Crippen LogP contribution in [0.3, 0.4) is 0 Å². The zero-order valence-corrected chi connectivity index (χ0v) is 19.7. The van der Waals surface area contributed by atoms with Gasteiger partial charge in [0.15, 0.2) is 0 Å². The molecule has 4 heteroatoms. The average molecular weight is 445 g/mol. The highest BCUT2D eigenvalue weighted by atomic mass is 16.6. The van der Waals surface area contributed by atoms with E-state index in [1.54, 1.807) is 6.92 Å². The lowest BCUT2D eigenvalue weighted by atomic mass is 9.94. The van der Waals surface area contributed by atoms with Crippen LogP contribution in [0.5, 0.6) is 5.75 Å². The smallest absolute Gasteiger partial charge is 0.333 e. The van der Waals surface area contributed by atoms with Gasteiger partial charge in [0.2, 0.25) is 0 Å². The van der Waals surface area contributed by atoms with Crippen LogP contribution in [-0.2, 0) is 16.0 Å². The highest BCUT2D eigenvalue weighted by Crippen LogP contribution is 2.32. The molecule has 0 aliphatic rings. The second-order valence-electron chi connectivity index (χ2n) is 8.31. The molecule has 0 bridgehead atoms. The third-order valence-corrected chi connectivity index (χ3v) is 5.52. The fraction of sp³-hybridized carbons (Fsp3) is 0.276. The minimum atomic E-state index is -0.419. The number of ether oxygens (including phenoxy) is 2. The van der Waals surface area contributed by atoms with Crippen molar-refractivity contribution in [3.05, 3.63) is 89.5 Å². The van der Waals surface area contributed by atoms with Gasteiger partial charge >= 0.3 is 5.97 Å². The van der Waals surface area contributed by atoms with E-state index >= 15 is 0 Å². The summed E-state index contributed by atoms with van der Waals surface area (Å²) in [6.45, 7) is 9.93. The number of rotatable bonds is 10. The lowest BCUT2D eigenvalue weighted by Gasteiger charge is -2.15. The molecule has 0 heterocycles. The van der Waals surface area contributed by atoms with Crippen LogP contribution in [0, 0.1) is 13.8 Å². The highest BCUT2D eigenvalue weighted by molar-refractivity contribution is 5.86. The first-order valence-corrected chi connectivity index (χ1v) is 11.3. The summed E-state index contributed by atoms with van der Waals surface area (Å²) in [6, 6.07) is 21.2. The van der Waals surface area contributed by atoms with Gasteiger partial charge < -0.3 is 14.6 Å². The summed E-state index contributed by atoms with van der Waals surface area (Å²) in [5, 5.41) is 9.24. The fourth-order valence-electron chi connectivity index (χ4n) is 3.65. The van der Waals surface area contributed by atoms with Gasteiger partial charge in [0.1, 0.15) is 19.0 Å². The molecule has 0 aliphatic heterocycles. The molecule has 0 amide bonds. The summed E-state index contributed by atoms with van der Waals surface area (Å²) in [5.41, 5.74) is 8.39. The maximum atomic E-state index is 11.6. The summed E-state index contributed by atoms with van der Waals surface area (Å²) in [5.74, 6) is 0.325. The number of benzene rings is 3. The molecule has 1 N–H and O–H groups in total. The monoisotopic (exact) mass is 444 g/mol. The molecule has 0 radical (unpaired) electrons. The maximum Gasteiger partial charge on any atom is 0.333 e. The minimum absolute atomic E-state index is 0.122. The zero-order chi connectivity index (χ0) is 23.8. The van der Waals surface area contributed by atoms with Gasteiger partial charge in [0.25, 0.3) is 0 Å². The van der Waals surface area contributed by atoms with E-state index in [1.165, 1.54) is 22.3 Å². The van der Waals surface area contributed by atoms with Crippen LogP contribution in [-0.4, -0.2) is 30.9 Å². The number of hydrogen-bond donors (Lipinski definition) is 1. The number of aryl methyl sites for hydroxylation is 3. The minimum Gasteiger partial charge on any atom is -0.490 e. The van der Waals surface area contributed by atoms with E-state index in [2.05, 4.69) is 69.0 Å². The van der Waals surface area contributed by atoms with Crippen LogP contribution >= 0.6 is 0 Å². The van der Waals surface area contributed by atoms with Crippen LogP contribution in [0.2, 0.25) is 0 Å². The van der Waals surface area contributed by atoms with Gasteiger partial charge in [-0.25, -0.2) is 4.79 Å². The second-order valence-corrected chi connectivity index (χ2v) is 8.31. The lowest BCUT2D eigenvalue weighted by molar-refractivity contribution is -0.139. The number of carbonyl (C=O) groups excluding carboxylic acids is 1. The third-order valence-electron chi connectivity index (χ3n) is 5.52. The Morgan fingerprint density at radius 1 is 0.909 bits per heavy atom. The molecule has 0 saturated heterocycles. The van der Waals surface area contributed by atoms with Crippen LogP contribution in [0.15, 0.2) is 72.8 Å². The summed E-state index contributed by atoms with van der Waals surface area (Å²) >= 11 is 0. The Balaban J connectivity index is 1.81. The summed E-state index contributed by atoms with van der Waals surface area (Å²) in [6.07, 6.45) is 1.37. The quantitative estimate of drug-likeness (QED) is 0.235. The first kappa shape index (κ1) is 24.3. The van der Waals surface area contributed by atoms with Crippen molar-refractivity contribution >= 4 is 5.97 Å². The number of aliphatic hydroxyl groups excluding tert-OH is 1. The Hall–Kier alpha value is -3.37. The Bertz CT molecular complexity index is 1110. The van der Waals surface area contributed by atoms with Crippen molar-refractivity contribution in [3.63, 3.8) is 0 Å². The van der Waals surface area contributed by atoms with Crippen molar-refractivity contribution in [2.24, 2.45) is 0 Å². The average Bonchev–Trinajstić information content (AvgIpc) is 2.81. The third kappa shape index (κ3) is 6.56. The number of aliphatic hydroxyl groups is 1. The Kier molecular flexibility index (Phi) is 8.45. The molecular weight excluding hydrogens is 412 g/mol. The summed E-state index contributed by atoms with van der Waals surface area (Å²) in [4.78, 5) is 11.6. The van der Waals surface area contributed by atoms with Crippen molar-refractivity contribution in [1.29, 1.82) is 0 Å². The van der Waals surface area contributed by atoms with Crippen LogP contribution in [0.1, 0.15) is 30.0 Å². The number of esters is 1. The van der Waals surface area contributed by atoms with Crippen LogP contribution < -0.4 is 4.74 Å². The SMILES string of the molecule is C=C(C)C(=O)OCCOc1cc(-c2ccc(-c3ccc(C)cc3)cc2C)ccc1CCCO. The van der Waals surface area contributed by atoms with Crippen LogP contribution in [0.4, 0.5) is 0 Å². The molecule has 3 rings (SSSR count). The molecule has 0 aromatic heterocycles. The van der Waals surface area contributed by atoms with E-state index in [1.807, 2.05) is 12.1 Å². The van der Waals surface area contributed by atoms with E-state index < -0.39 is 5.97 Å². The van der Waals surface area contributed by atoms with E-state index in [9.17, 15) is 9.90 Å². The molecule has 3 aromatic rings. The molecule has 0 fully saturated rings. The van der Waals surface area contributed by atoms with Gasteiger partial charge in [-0.15, -0.1) is 0 Å². The van der Waals surface area contributed by atoms with Gasteiger partial charge in [0, 0.05) is 12.2 Å². The van der Waals surface area contributed by atoms with Crippen molar-refractivity contribution < 1.29 is 19.4 Å². The van der Waals surface area contributed by atoms with E-state index in [4.69, 9.17) is 9.47 Å². The molecule has 3 aromatic carbocycles. The van der Waals surface area contributed by atoms with Gasteiger partial charge in [-0.2, -0.15) is 0 Å². The van der Waals surface area contributed by atoms with Crippen molar-refractivity contribution in [3.8, 4) is 28.0 Å². The topological polar surface area (TPSA) is 55.8 Å². The fourth-order valence-corrected chi connectivity index (χ4v) is 3.65. The standard InChI is InChI=1S/C29H32O4/c1-20(2)29(31)33-17-16-32-28-19-26(12-11-24(28)6-5-15-30)27-14-13-25(18-22(27)4)23-9-7-21(3)8-10-23/h7-14,18-19,30H,1,5-6,15-17H2,2-4H3. The molecule has 33 heavy (non-hydrogen) atoms. The van der Waals surface area contributed by atoms with Gasteiger partial charge in [-0.05, 0) is 73.1 Å². The molecule has 0 spiro atoms. The predicted octanol–water partition coefficient (Wildman–Crippen LogP) is 6.06. The molecule has 0 aliphatic carbocycles. The number of hydrogen-bond acceptors (Lipinski definition) is 4. The van der Waals surface area contributed by atoms with E-state index in [-0.39, 0.29) is 19.8 Å². The normalized spacial score (nSPS) is 10.7. The van der Waals surface area contributed by atoms with Gasteiger partial charge in [-0.3, -0.25) is 0 Å². The maximum absolute atomic E-state index is 11.6. The first-order valence-electron chi connectivity index (χ1n) is 11.3. The molecule has 0 atom stereocenters. The molecular formula is C29H32O4. The Labute approximate surface area is 196 Å². The largest absolute Gasteiger partial charge is 0.490 e. The zero-order valence-electron chi connectivity index (χ0n) is 19.7. The highest BCUT2D eigenvalue weighted by Gasteiger charge is 2.11. The molecule has 0 unspecified atom stereocenters. The lowest BCUT2D eigenvalue weighted by Crippen LogP contribution is -2.13. The summed E-state index contributed by atoms with van der Waals surface area (Å²) in [7, 11) is 0. The number of carbonyl (C=O) groups is 1. The molecule has 0 saturated carbocycles. The Morgan fingerprint density at radius 3 is 2.27 bits per heavy atom. The first-order chi connectivity index (χ1) is 15.9. The Morgan fingerprint density at radius 2 is 1.61 bits per heavy atom. The summed E-state index contributed by atoms with van der Waals surface area (Å²) < 4.78 is 11.1. The van der Waals surface area contributed by atoms with Gasteiger partial charge in [-0.1, -0.05) is 66.7 Å². The van der Waals surface area contributed by atoms with E-state index in [0.717, 1.165) is 22.4 Å². The van der Waals surface area contributed by atoms with Crippen molar-refractivity contribution in [2.45, 2.75) is 33.6 Å². The van der Waals surface area contributed by atoms with Crippen LogP contribution in [0.25, 0.3) is 22.3 Å². The molecule has 172 valence electrons. The molecule has 4 nitrogen and oxygen atoms in total. The second kappa shape index (κ2) is 11.5. The van der Waals surface area contributed by atoms with E-state index in [0.29, 0.717) is 18.4 Å². The van der Waals surface area contributed by atoms with Crippen molar-refractivity contribution in [1.82, 2.24) is 0 Å².